The quantitative estimate of drug-likeness (QED) is 0.146. The van der Waals surface area contributed by atoms with Crippen LogP contribution in [0.15, 0.2) is 71.6 Å². The van der Waals surface area contributed by atoms with Gasteiger partial charge in [0.15, 0.2) is 17.3 Å². The second-order valence-corrected chi connectivity index (χ2v) is 9.22. The summed E-state index contributed by atoms with van der Waals surface area (Å²) >= 11 is 6.43. The van der Waals surface area contributed by atoms with Gasteiger partial charge in [-0.3, -0.25) is 29.4 Å². The molecule has 0 aromatic heterocycles. The minimum absolute atomic E-state index is 0.0449. The number of benzene rings is 3. The van der Waals surface area contributed by atoms with Crippen molar-refractivity contribution in [2.45, 2.75) is 6.61 Å². The van der Waals surface area contributed by atoms with E-state index in [0.29, 0.717) is 22.3 Å². The van der Waals surface area contributed by atoms with Crippen LogP contribution in [0.3, 0.4) is 0 Å². The highest BCUT2D eigenvalue weighted by molar-refractivity contribution is 8.18. The molecule has 0 bridgehead atoms. The number of ketones is 1. The molecule has 1 aliphatic heterocycles. The van der Waals surface area contributed by atoms with Crippen LogP contribution in [0.25, 0.3) is 6.08 Å². The average molecular weight is 539 g/mol. The lowest BCUT2D eigenvalue weighted by molar-refractivity contribution is -0.385. The lowest BCUT2D eigenvalue weighted by Gasteiger charge is -2.12. The third-order valence-corrected chi connectivity index (χ3v) is 6.53. The maximum Gasteiger partial charge on any atom is 0.293 e. The molecule has 4 rings (SSSR count). The molecule has 0 atom stereocenters. The number of ether oxygens (including phenoxy) is 2. The van der Waals surface area contributed by atoms with Gasteiger partial charge in [0.05, 0.1) is 35.1 Å². The molecule has 0 aliphatic carbocycles. The second-order valence-electron chi connectivity index (χ2n) is 7.79. The summed E-state index contributed by atoms with van der Waals surface area (Å²) in [4.78, 5) is 49.9. The predicted molar refractivity (Wildman–Crippen MR) is 139 cm³/mol. The van der Waals surface area contributed by atoms with Crippen LogP contribution in [-0.4, -0.2) is 40.4 Å². The lowest BCUT2D eigenvalue weighted by Crippen LogP contribution is -2.33. The molecule has 3 aromatic rings. The Bertz CT molecular complexity index is 1410. The van der Waals surface area contributed by atoms with Crippen molar-refractivity contribution in [1.82, 2.24) is 4.90 Å². The summed E-state index contributed by atoms with van der Waals surface area (Å²) in [5.74, 6) is -0.815. The van der Waals surface area contributed by atoms with Gasteiger partial charge in [0.1, 0.15) is 6.61 Å². The van der Waals surface area contributed by atoms with Crippen molar-refractivity contribution in [3.05, 3.63) is 103 Å². The smallest absolute Gasteiger partial charge is 0.293 e. The van der Waals surface area contributed by atoms with Crippen LogP contribution in [0.1, 0.15) is 21.5 Å². The van der Waals surface area contributed by atoms with Gasteiger partial charge in [-0.05, 0) is 53.7 Å². The monoisotopic (exact) mass is 538 g/mol. The number of imide groups is 1. The zero-order valence-corrected chi connectivity index (χ0v) is 21.0. The van der Waals surface area contributed by atoms with Gasteiger partial charge >= 0.3 is 0 Å². The predicted octanol–water partition coefficient (Wildman–Crippen LogP) is 5.76. The van der Waals surface area contributed by atoms with Crippen LogP contribution >= 0.6 is 23.4 Å². The molecule has 9 nitrogen and oxygen atoms in total. The Hall–Kier alpha value is -4.15. The highest BCUT2D eigenvalue weighted by Gasteiger charge is 2.37. The fourth-order valence-corrected chi connectivity index (χ4v) is 4.45. The fraction of sp³-hybridized carbons (Fsp3) is 0.115. The molecule has 0 saturated carbocycles. The first-order chi connectivity index (χ1) is 17.8. The molecule has 3 aromatic carbocycles. The molecule has 1 aliphatic rings. The molecule has 0 N–H and O–H groups in total. The van der Waals surface area contributed by atoms with Crippen molar-refractivity contribution >= 4 is 52.1 Å². The average Bonchev–Trinajstić information content (AvgIpc) is 3.15. The highest BCUT2D eigenvalue weighted by atomic mass is 35.5. The van der Waals surface area contributed by atoms with E-state index in [4.69, 9.17) is 21.1 Å². The molecular formula is C26H19ClN2O7S. The topological polar surface area (TPSA) is 116 Å². The Labute approximate surface area is 220 Å². The van der Waals surface area contributed by atoms with Gasteiger partial charge in [-0.2, -0.15) is 0 Å². The van der Waals surface area contributed by atoms with Gasteiger partial charge in [-0.25, -0.2) is 0 Å². The first-order valence-electron chi connectivity index (χ1n) is 10.8. The third kappa shape index (κ3) is 5.99. The fourth-order valence-electron chi connectivity index (χ4n) is 3.49. The molecule has 0 radical (unpaired) electrons. The number of carbonyl (C=O) groups excluding carboxylic acids is 3. The minimum Gasteiger partial charge on any atom is -0.493 e. The molecule has 188 valence electrons. The van der Waals surface area contributed by atoms with Gasteiger partial charge < -0.3 is 9.47 Å². The summed E-state index contributed by atoms with van der Waals surface area (Å²) in [7, 11) is 1.39. The van der Waals surface area contributed by atoms with E-state index in [0.717, 1.165) is 10.5 Å². The molecule has 1 heterocycles. The summed E-state index contributed by atoms with van der Waals surface area (Å²) in [6.07, 6.45) is 1.24. The number of nitro groups is 1. The summed E-state index contributed by atoms with van der Waals surface area (Å²) in [5.41, 5.74) is 0.855. The Morgan fingerprint density at radius 3 is 2.43 bits per heavy atom. The van der Waals surface area contributed by atoms with Crippen molar-refractivity contribution in [2.24, 2.45) is 0 Å². The minimum atomic E-state index is -0.727. The Morgan fingerprint density at radius 1 is 1.08 bits per heavy atom. The Balaban J connectivity index is 1.58. The number of rotatable bonds is 9. The largest absolute Gasteiger partial charge is 0.493 e. The molecule has 0 unspecified atom stereocenters. The SMILES string of the molecule is COc1cc(/C=C2/SC(=O)N(CC(=O)c3ccc(Cl)cc3)C2=O)c([N+](=O)[O-])cc1OCc1ccccc1. The van der Waals surface area contributed by atoms with E-state index in [2.05, 4.69) is 0 Å². The molecular weight excluding hydrogens is 520 g/mol. The van der Waals surface area contributed by atoms with Crippen LogP contribution in [0.5, 0.6) is 11.5 Å². The van der Waals surface area contributed by atoms with E-state index >= 15 is 0 Å². The third-order valence-electron chi connectivity index (χ3n) is 5.37. The van der Waals surface area contributed by atoms with E-state index in [9.17, 15) is 24.5 Å². The number of hydrogen-bond donors (Lipinski definition) is 0. The normalized spacial score (nSPS) is 14.2. The first-order valence-corrected chi connectivity index (χ1v) is 12.0. The maximum atomic E-state index is 12.9. The van der Waals surface area contributed by atoms with Crippen molar-refractivity contribution in [2.75, 3.05) is 13.7 Å². The van der Waals surface area contributed by atoms with Crippen LogP contribution in [0, 0.1) is 10.1 Å². The number of carbonyl (C=O) groups is 3. The summed E-state index contributed by atoms with van der Waals surface area (Å²) < 4.78 is 11.1. The first kappa shape index (κ1) is 25.9. The summed E-state index contributed by atoms with van der Waals surface area (Å²) in [6.45, 7) is -0.310. The molecule has 11 heteroatoms. The molecule has 1 saturated heterocycles. The van der Waals surface area contributed by atoms with Crippen LogP contribution in [-0.2, 0) is 11.4 Å². The standard InChI is InChI=1S/C26H19ClN2O7S/c1-35-22-11-18(20(29(33)34)13-23(22)36-15-16-5-3-2-4-6-16)12-24-25(31)28(26(32)37-24)14-21(30)17-7-9-19(27)10-8-17/h2-13H,14-15H2,1H3/b24-12+. The number of amides is 2. The van der Waals surface area contributed by atoms with Gasteiger partial charge in [-0.1, -0.05) is 41.9 Å². The maximum absolute atomic E-state index is 12.9. The molecule has 1 fully saturated rings. The number of nitro benzene ring substituents is 1. The van der Waals surface area contributed by atoms with Gasteiger partial charge in [0.2, 0.25) is 0 Å². The van der Waals surface area contributed by atoms with E-state index in [1.807, 2.05) is 30.3 Å². The van der Waals surface area contributed by atoms with E-state index < -0.39 is 28.4 Å². The highest BCUT2D eigenvalue weighted by Crippen LogP contribution is 2.39. The van der Waals surface area contributed by atoms with Crippen LogP contribution < -0.4 is 9.47 Å². The van der Waals surface area contributed by atoms with Crippen molar-refractivity contribution in [3.8, 4) is 11.5 Å². The Kier molecular flexibility index (Phi) is 7.90. The zero-order chi connectivity index (χ0) is 26.5. The van der Waals surface area contributed by atoms with Crippen LogP contribution in [0.2, 0.25) is 5.02 Å². The number of nitrogens with zero attached hydrogens (tertiary/aromatic N) is 2. The van der Waals surface area contributed by atoms with E-state index in [1.54, 1.807) is 0 Å². The second kappa shape index (κ2) is 11.3. The van der Waals surface area contributed by atoms with E-state index in [1.165, 1.54) is 49.6 Å². The van der Waals surface area contributed by atoms with Gasteiger partial charge in [-0.15, -0.1) is 0 Å². The molecule has 2 amide bonds. The zero-order valence-electron chi connectivity index (χ0n) is 19.4. The number of thioether (sulfide) groups is 1. The van der Waals surface area contributed by atoms with Crippen LogP contribution in [0.4, 0.5) is 10.5 Å². The van der Waals surface area contributed by atoms with Crippen molar-refractivity contribution < 1.29 is 28.8 Å². The summed E-state index contributed by atoms with van der Waals surface area (Å²) in [6, 6.07) is 17.9. The summed E-state index contributed by atoms with van der Waals surface area (Å²) in [5, 5.41) is 11.6. The van der Waals surface area contributed by atoms with Gasteiger partial charge in [0, 0.05) is 10.6 Å². The number of hydrogen-bond acceptors (Lipinski definition) is 8. The number of Topliss-reactive ketones (excluding diaryl/α,β-unsaturated/α-hetero) is 1. The van der Waals surface area contributed by atoms with E-state index in [-0.39, 0.29) is 34.3 Å². The van der Waals surface area contributed by atoms with Gasteiger partial charge in [0.25, 0.3) is 16.8 Å². The Morgan fingerprint density at radius 2 is 1.78 bits per heavy atom. The molecule has 0 spiro atoms. The molecule has 37 heavy (non-hydrogen) atoms. The van der Waals surface area contributed by atoms with Crippen molar-refractivity contribution in [1.29, 1.82) is 0 Å². The number of methoxy groups -OCH3 is 1. The lowest BCUT2D eigenvalue weighted by atomic mass is 10.1. The van der Waals surface area contributed by atoms with Crippen molar-refractivity contribution in [3.63, 3.8) is 0 Å². The number of halogens is 1.